The summed E-state index contributed by atoms with van der Waals surface area (Å²) in [5, 5.41) is 6.77. The molecule has 6 nitrogen and oxygen atoms in total. The third-order valence-corrected chi connectivity index (χ3v) is 4.28. The van der Waals surface area contributed by atoms with Crippen LogP contribution in [0.2, 0.25) is 0 Å². The highest BCUT2D eigenvalue weighted by atomic mass is 15.1. The standard InChI is InChI=1S/C22H28N6/c1-28(2)16-8-14-25-22-26-20(19-11-6-7-13-23-19)17-21(27-22)24-15-12-18-9-4-3-5-10-18/h3-7,9-11,13,17H,8,12,14-16H2,1-2H3,(H2,24,25,26,27). The molecule has 0 aliphatic carbocycles. The van der Waals surface area contributed by atoms with Crippen molar-refractivity contribution in [2.45, 2.75) is 12.8 Å². The quantitative estimate of drug-likeness (QED) is 0.528. The van der Waals surface area contributed by atoms with Gasteiger partial charge in [0.15, 0.2) is 0 Å². The fraction of sp³-hybridized carbons (Fsp3) is 0.318. The summed E-state index contributed by atoms with van der Waals surface area (Å²) in [5.41, 5.74) is 2.95. The zero-order chi connectivity index (χ0) is 19.6. The fourth-order valence-electron chi connectivity index (χ4n) is 2.84. The van der Waals surface area contributed by atoms with Gasteiger partial charge in [0.05, 0.1) is 11.4 Å². The number of hydrogen-bond acceptors (Lipinski definition) is 6. The van der Waals surface area contributed by atoms with Crippen molar-refractivity contribution in [1.82, 2.24) is 19.9 Å². The number of rotatable bonds is 10. The van der Waals surface area contributed by atoms with Crippen LogP contribution >= 0.6 is 0 Å². The largest absolute Gasteiger partial charge is 0.370 e. The van der Waals surface area contributed by atoms with Crippen molar-refractivity contribution in [2.24, 2.45) is 0 Å². The molecule has 0 saturated heterocycles. The van der Waals surface area contributed by atoms with Crippen LogP contribution in [-0.4, -0.2) is 53.6 Å². The van der Waals surface area contributed by atoms with Crippen LogP contribution in [0.25, 0.3) is 11.4 Å². The van der Waals surface area contributed by atoms with E-state index in [9.17, 15) is 0 Å². The Morgan fingerprint density at radius 2 is 1.68 bits per heavy atom. The van der Waals surface area contributed by atoms with E-state index in [1.54, 1.807) is 6.20 Å². The van der Waals surface area contributed by atoms with Crippen LogP contribution in [0.15, 0.2) is 60.8 Å². The summed E-state index contributed by atoms with van der Waals surface area (Å²) < 4.78 is 0. The molecule has 0 amide bonds. The molecule has 3 aromatic rings. The Hall–Kier alpha value is -2.99. The average Bonchev–Trinajstić information content (AvgIpc) is 2.72. The molecule has 0 unspecified atom stereocenters. The maximum Gasteiger partial charge on any atom is 0.225 e. The number of pyridine rings is 1. The van der Waals surface area contributed by atoms with E-state index in [1.165, 1.54) is 5.56 Å². The summed E-state index contributed by atoms with van der Waals surface area (Å²) >= 11 is 0. The van der Waals surface area contributed by atoms with E-state index < -0.39 is 0 Å². The first-order chi connectivity index (χ1) is 13.7. The van der Waals surface area contributed by atoms with Gasteiger partial charge in [-0.15, -0.1) is 0 Å². The second-order valence-electron chi connectivity index (χ2n) is 6.92. The molecule has 3 rings (SSSR count). The van der Waals surface area contributed by atoms with Gasteiger partial charge in [0, 0.05) is 25.4 Å². The van der Waals surface area contributed by atoms with Crippen molar-refractivity contribution in [1.29, 1.82) is 0 Å². The predicted octanol–water partition coefficient (Wildman–Crippen LogP) is 3.56. The Balaban J connectivity index is 1.69. The van der Waals surface area contributed by atoms with Crippen LogP contribution in [0.4, 0.5) is 11.8 Å². The van der Waals surface area contributed by atoms with Gasteiger partial charge in [0.2, 0.25) is 5.95 Å². The third kappa shape index (κ3) is 6.32. The minimum Gasteiger partial charge on any atom is -0.370 e. The maximum atomic E-state index is 4.65. The smallest absolute Gasteiger partial charge is 0.225 e. The first-order valence-electron chi connectivity index (χ1n) is 9.67. The third-order valence-electron chi connectivity index (χ3n) is 4.28. The molecule has 28 heavy (non-hydrogen) atoms. The van der Waals surface area contributed by atoms with E-state index in [4.69, 9.17) is 0 Å². The summed E-state index contributed by atoms with van der Waals surface area (Å²) in [5.74, 6) is 1.44. The molecule has 0 saturated carbocycles. The number of anilines is 2. The average molecular weight is 377 g/mol. The molecule has 1 aromatic carbocycles. The molecule has 0 atom stereocenters. The summed E-state index contributed by atoms with van der Waals surface area (Å²) in [6.45, 7) is 2.66. The van der Waals surface area contributed by atoms with E-state index in [2.05, 4.69) is 68.8 Å². The molecule has 0 spiro atoms. The van der Waals surface area contributed by atoms with E-state index >= 15 is 0 Å². The van der Waals surface area contributed by atoms with Crippen LogP contribution in [0.3, 0.4) is 0 Å². The van der Waals surface area contributed by atoms with E-state index in [1.807, 2.05) is 30.3 Å². The molecular formula is C22H28N6. The Kier molecular flexibility index (Phi) is 7.32. The second kappa shape index (κ2) is 10.4. The van der Waals surface area contributed by atoms with Crippen molar-refractivity contribution < 1.29 is 0 Å². The minimum atomic E-state index is 0.629. The normalized spacial score (nSPS) is 10.8. The van der Waals surface area contributed by atoms with Crippen molar-refractivity contribution in [2.75, 3.05) is 44.4 Å². The summed E-state index contributed by atoms with van der Waals surface area (Å²) in [6, 6.07) is 18.2. The molecule has 2 heterocycles. The van der Waals surface area contributed by atoms with E-state index in [0.29, 0.717) is 5.95 Å². The van der Waals surface area contributed by atoms with Gasteiger partial charge in [-0.05, 0) is 51.2 Å². The van der Waals surface area contributed by atoms with Crippen LogP contribution in [0, 0.1) is 0 Å². The maximum absolute atomic E-state index is 4.65. The second-order valence-corrected chi connectivity index (χ2v) is 6.92. The highest BCUT2D eigenvalue weighted by Crippen LogP contribution is 2.19. The van der Waals surface area contributed by atoms with Gasteiger partial charge < -0.3 is 15.5 Å². The predicted molar refractivity (Wildman–Crippen MR) is 116 cm³/mol. The molecule has 146 valence electrons. The SMILES string of the molecule is CN(C)CCCNc1nc(NCCc2ccccc2)cc(-c2ccccn2)n1. The van der Waals surface area contributed by atoms with Gasteiger partial charge in [-0.2, -0.15) is 4.98 Å². The summed E-state index contributed by atoms with van der Waals surface area (Å²) in [6.07, 6.45) is 3.75. The number of hydrogen-bond donors (Lipinski definition) is 2. The first kappa shape index (κ1) is 19.8. The molecule has 0 bridgehead atoms. The van der Waals surface area contributed by atoms with Gasteiger partial charge >= 0.3 is 0 Å². The molecule has 2 N–H and O–H groups in total. The molecule has 0 radical (unpaired) electrons. The van der Waals surface area contributed by atoms with Gasteiger partial charge in [-0.25, -0.2) is 4.98 Å². The van der Waals surface area contributed by atoms with Crippen molar-refractivity contribution in [3.63, 3.8) is 0 Å². The van der Waals surface area contributed by atoms with Crippen molar-refractivity contribution >= 4 is 11.8 Å². The Morgan fingerprint density at radius 3 is 2.43 bits per heavy atom. The molecule has 0 aliphatic heterocycles. The zero-order valence-corrected chi connectivity index (χ0v) is 16.6. The van der Waals surface area contributed by atoms with Crippen LogP contribution in [0.5, 0.6) is 0 Å². The first-order valence-corrected chi connectivity index (χ1v) is 9.67. The lowest BCUT2D eigenvalue weighted by Gasteiger charge is -2.12. The Labute approximate surface area is 167 Å². The van der Waals surface area contributed by atoms with Crippen LogP contribution in [0.1, 0.15) is 12.0 Å². The Morgan fingerprint density at radius 1 is 0.857 bits per heavy atom. The lowest BCUT2D eigenvalue weighted by Crippen LogP contribution is -2.17. The summed E-state index contributed by atoms with van der Waals surface area (Å²) in [7, 11) is 4.15. The van der Waals surface area contributed by atoms with Crippen LogP contribution < -0.4 is 10.6 Å². The lowest BCUT2D eigenvalue weighted by atomic mass is 10.1. The van der Waals surface area contributed by atoms with Crippen molar-refractivity contribution in [3.8, 4) is 11.4 Å². The van der Waals surface area contributed by atoms with Gasteiger partial charge in [0.1, 0.15) is 5.82 Å². The zero-order valence-electron chi connectivity index (χ0n) is 16.6. The Bertz CT molecular complexity index is 836. The molecule has 0 fully saturated rings. The topological polar surface area (TPSA) is 66.0 Å². The highest BCUT2D eigenvalue weighted by molar-refractivity contribution is 5.60. The fourth-order valence-corrected chi connectivity index (χ4v) is 2.84. The van der Waals surface area contributed by atoms with Crippen molar-refractivity contribution in [3.05, 3.63) is 66.4 Å². The van der Waals surface area contributed by atoms with E-state index in [0.717, 1.165) is 49.7 Å². The molecule has 6 heteroatoms. The number of benzene rings is 1. The molecule has 0 aliphatic rings. The highest BCUT2D eigenvalue weighted by Gasteiger charge is 2.08. The molecule has 2 aromatic heterocycles. The van der Waals surface area contributed by atoms with Gasteiger partial charge in [0.25, 0.3) is 0 Å². The lowest BCUT2D eigenvalue weighted by molar-refractivity contribution is 0.405. The number of nitrogens with zero attached hydrogens (tertiary/aromatic N) is 4. The monoisotopic (exact) mass is 376 g/mol. The van der Waals surface area contributed by atoms with Gasteiger partial charge in [-0.3, -0.25) is 4.98 Å². The number of aromatic nitrogens is 3. The summed E-state index contributed by atoms with van der Waals surface area (Å²) in [4.78, 5) is 15.9. The minimum absolute atomic E-state index is 0.629. The van der Waals surface area contributed by atoms with Crippen LogP contribution in [-0.2, 0) is 6.42 Å². The number of nitrogens with one attached hydrogen (secondary N) is 2. The molecular weight excluding hydrogens is 348 g/mol. The van der Waals surface area contributed by atoms with Gasteiger partial charge in [-0.1, -0.05) is 36.4 Å². The van der Waals surface area contributed by atoms with E-state index in [-0.39, 0.29) is 0 Å².